The third kappa shape index (κ3) is 4.89. The van der Waals surface area contributed by atoms with Gasteiger partial charge in [-0.2, -0.15) is 10.2 Å². The van der Waals surface area contributed by atoms with Crippen LogP contribution in [0.15, 0.2) is 47.6 Å². The predicted octanol–water partition coefficient (Wildman–Crippen LogP) is 3.82. The lowest BCUT2D eigenvalue weighted by molar-refractivity contribution is 0.0697. The summed E-state index contributed by atoms with van der Waals surface area (Å²) in [5.41, 5.74) is 8.08. The highest BCUT2D eigenvalue weighted by Gasteiger charge is 2.19. The van der Waals surface area contributed by atoms with Gasteiger partial charge in [-0.3, -0.25) is 10.1 Å². The molecule has 0 aliphatic carbocycles. The summed E-state index contributed by atoms with van der Waals surface area (Å²) in [4.78, 5) is 10.9. The smallest absolute Gasteiger partial charge is 0.335 e. The summed E-state index contributed by atoms with van der Waals surface area (Å²) in [6.45, 7) is 5.77. The molecule has 8 nitrogen and oxygen atoms in total. The van der Waals surface area contributed by atoms with Gasteiger partial charge >= 0.3 is 5.97 Å². The Hall–Kier alpha value is -3.72. The molecule has 3 aromatic rings. The lowest BCUT2D eigenvalue weighted by Crippen LogP contribution is -2.25. The van der Waals surface area contributed by atoms with Gasteiger partial charge in [0.2, 0.25) is 0 Å². The van der Waals surface area contributed by atoms with Crippen LogP contribution in [0.3, 0.4) is 0 Å². The summed E-state index contributed by atoms with van der Waals surface area (Å²) in [5.74, 6) is -0.959. The number of aromatic hydroxyl groups is 1. The predicted molar refractivity (Wildman–Crippen MR) is 125 cm³/mol. The van der Waals surface area contributed by atoms with E-state index in [1.165, 1.54) is 17.7 Å². The van der Waals surface area contributed by atoms with Gasteiger partial charge < -0.3 is 15.5 Å². The van der Waals surface area contributed by atoms with Gasteiger partial charge in [-0.1, -0.05) is 12.1 Å². The number of aryl methyl sites for hydroxylation is 3. The van der Waals surface area contributed by atoms with Crippen molar-refractivity contribution in [3.63, 3.8) is 0 Å². The van der Waals surface area contributed by atoms with E-state index in [0.717, 1.165) is 11.1 Å². The van der Waals surface area contributed by atoms with E-state index in [0.29, 0.717) is 22.8 Å². The Morgan fingerprint density at radius 2 is 1.81 bits per heavy atom. The zero-order valence-electron chi connectivity index (χ0n) is 17.6. The number of rotatable bonds is 5. The molecule has 0 saturated carbocycles. The molecule has 31 heavy (non-hydrogen) atoms. The number of thiocarbonyl (C=S) groups is 1. The molecule has 3 rings (SSSR count). The minimum Gasteiger partial charge on any atom is -0.504 e. The highest BCUT2D eigenvalue weighted by molar-refractivity contribution is 7.80. The molecule has 0 amide bonds. The van der Waals surface area contributed by atoms with Gasteiger partial charge in [-0.15, -0.1) is 0 Å². The first kappa shape index (κ1) is 22.0. The Morgan fingerprint density at radius 1 is 1.13 bits per heavy atom. The Morgan fingerprint density at radius 3 is 2.42 bits per heavy atom. The Bertz CT molecular complexity index is 1180. The van der Waals surface area contributed by atoms with Crippen LogP contribution in [0.25, 0.3) is 11.3 Å². The molecular weight excluding hydrogens is 414 g/mol. The van der Waals surface area contributed by atoms with Crippen LogP contribution in [-0.2, 0) is 7.05 Å². The van der Waals surface area contributed by atoms with Crippen LogP contribution in [0.1, 0.15) is 34.1 Å². The van der Waals surface area contributed by atoms with Crippen LogP contribution >= 0.6 is 12.2 Å². The first-order valence-corrected chi connectivity index (χ1v) is 9.86. The average Bonchev–Trinajstić information content (AvgIpc) is 3.03. The highest BCUT2D eigenvalue weighted by atomic mass is 32.1. The normalized spacial score (nSPS) is 11.3. The van der Waals surface area contributed by atoms with E-state index >= 15 is 0 Å². The van der Waals surface area contributed by atoms with Crippen LogP contribution in [0.4, 0.5) is 5.69 Å². The summed E-state index contributed by atoms with van der Waals surface area (Å²) in [7, 11) is 1.77. The molecule has 160 valence electrons. The van der Waals surface area contributed by atoms with Gasteiger partial charge in [-0.05, 0) is 74.4 Å². The number of nitrogens with one attached hydrogen (secondary N) is 2. The molecule has 1 aromatic heterocycles. The van der Waals surface area contributed by atoms with E-state index in [9.17, 15) is 9.90 Å². The monoisotopic (exact) mass is 437 g/mol. The minimum atomic E-state index is -0.997. The maximum Gasteiger partial charge on any atom is 0.335 e. The number of anilines is 1. The number of benzene rings is 2. The second-order valence-electron chi connectivity index (χ2n) is 7.11. The number of aromatic nitrogens is 2. The number of hydrazone groups is 1. The van der Waals surface area contributed by atoms with Crippen molar-refractivity contribution in [2.45, 2.75) is 20.8 Å². The first-order chi connectivity index (χ1) is 14.7. The largest absolute Gasteiger partial charge is 0.504 e. The molecule has 0 fully saturated rings. The Kier molecular flexibility index (Phi) is 6.36. The lowest BCUT2D eigenvalue weighted by atomic mass is 10.0. The third-order valence-corrected chi connectivity index (χ3v) is 5.05. The molecule has 0 aliphatic rings. The summed E-state index contributed by atoms with van der Waals surface area (Å²) in [5, 5.41) is 31.5. The van der Waals surface area contributed by atoms with Crippen LogP contribution in [0.5, 0.6) is 5.75 Å². The fraction of sp³-hybridized carbons (Fsp3) is 0.182. The standard InChI is InChI=1S/C22H23N5O3S/c1-12-5-6-16(11-13(12)2)19-20(28)18(26-27(19)4)14(3)24-25-22(31)23-17-9-7-15(8-10-17)21(29)30/h5-11,28H,1-4H3,(H,29,30)(H2,23,25,31)/b24-14+. The number of hydrogen-bond acceptors (Lipinski definition) is 5. The van der Waals surface area contributed by atoms with Crippen molar-refractivity contribution in [2.75, 3.05) is 5.32 Å². The molecule has 0 atom stereocenters. The number of nitrogens with zero attached hydrogens (tertiary/aromatic N) is 3. The van der Waals surface area contributed by atoms with Crippen molar-refractivity contribution in [2.24, 2.45) is 12.1 Å². The number of carbonyl (C=O) groups is 1. The molecular formula is C22H23N5O3S. The van der Waals surface area contributed by atoms with E-state index in [1.807, 2.05) is 32.0 Å². The van der Waals surface area contributed by atoms with Gasteiger partial charge in [-0.25, -0.2) is 4.79 Å². The quantitative estimate of drug-likeness (QED) is 0.273. The highest BCUT2D eigenvalue weighted by Crippen LogP contribution is 2.33. The van der Waals surface area contributed by atoms with Crippen LogP contribution < -0.4 is 10.7 Å². The molecule has 0 spiro atoms. The van der Waals surface area contributed by atoms with E-state index in [1.54, 1.807) is 30.8 Å². The van der Waals surface area contributed by atoms with Crippen molar-refractivity contribution in [1.82, 2.24) is 15.2 Å². The van der Waals surface area contributed by atoms with Crippen molar-refractivity contribution < 1.29 is 15.0 Å². The second-order valence-corrected chi connectivity index (χ2v) is 7.52. The van der Waals surface area contributed by atoms with Gasteiger partial charge in [0.1, 0.15) is 5.69 Å². The fourth-order valence-corrected chi connectivity index (χ4v) is 3.18. The van der Waals surface area contributed by atoms with Crippen molar-refractivity contribution in [3.05, 3.63) is 64.8 Å². The second kappa shape index (κ2) is 8.97. The minimum absolute atomic E-state index is 0.0388. The van der Waals surface area contributed by atoms with Crippen molar-refractivity contribution >= 4 is 34.7 Å². The zero-order valence-corrected chi connectivity index (χ0v) is 18.4. The summed E-state index contributed by atoms with van der Waals surface area (Å²) in [6.07, 6.45) is 0. The summed E-state index contributed by atoms with van der Waals surface area (Å²) in [6, 6.07) is 12.1. The van der Waals surface area contributed by atoms with Gasteiger partial charge in [0, 0.05) is 18.3 Å². The summed E-state index contributed by atoms with van der Waals surface area (Å²) >= 11 is 5.22. The third-order valence-electron chi connectivity index (χ3n) is 4.86. The molecule has 1 heterocycles. The Labute approximate surface area is 185 Å². The molecule has 2 aromatic carbocycles. The molecule has 0 unspecified atom stereocenters. The van der Waals surface area contributed by atoms with E-state index in [2.05, 4.69) is 20.9 Å². The number of hydrogen-bond donors (Lipinski definition) is 4. The molecule has 4 N–H and O–H groups in total. The SMILES string of the molecule is C/C(=N\NC(=S)Nc1ccc(C(=O)O)cc1)c1nn(C)c(-c2ccc(C)c(C)c2)c1O. The number of aromatic carboxylic acids is 1. The molecule has 9 heteroatoms. The van der Waals surface area contributed by atoms with Crippen molar-refractivity contribution in [1.29, 1.82) is 0 Å². The topological polar surface area (TPSA) is 112 Å². The lowest BCUT2D eigenvalue weighted by Gasteiger charge is -2.08. The molecule has 0 bridgehead atoms. The molecule has 0 saturated heterocycles. The Balaban J connectivity index is 1.75. The van der Waals surface area contributed by atoms with E-state index < -0.39 is 5.97 Å². The van der Waals surface area contributed by atoms with Crippen LogP contribution in [0.2, 0.25) is 0 Å². The molecule has 0 aliphatic heterocycles. The van der Waals surface area contributed by atoms with Crippen molar-refractivity contribution in [3.8, 4) is 17.0 Å². The number of carboxylic acid groups (broad SMARTS) is 1. The fourth-order valence-electron chi connectivity index (χ4n) is 3.01. The maximum absolute atomic E-state index is 10.9. The number of carboxylic acids is 1. The van der Waals surface area contributed by atoms with Gasteiger partial charge in [0.25, 0.3) is 0 Å². The van der Waals surface area contributed by atoms with E-state index in [-0.39, 0.29) is 16.4 Å². The summed E-state index contributed by atoms with van der Waals surface area (Å²) < 4.78 is 1.62. The first-order valence-electron chi connectivity index (χ1n) is 9.46. The van der Waals surface area contributed by atoms with Crippen LogP contribution in [0, 0.1) is 13.8 Å². The zero-order chi connectivity index (χ0) is 22.7. The maximum atomic E-state index is 10.9. The average molecular weight is 438 g/mol. The van der Waals surface area contributed by atoms with Gasteiger partial charge in [0.15, 0.2) is 16.6 Å². The van der Waals surface area contributed by atoms with E-state index in [4.69, 9.17) is 17.3 Å². The molecule has 0 radical (unpaired) electrons. The van der Waals surface area contributed by atoms with Gasteiger partial charge in [0.05, 0.1) is 11.3 Å². The van der Waals surface area contributed by atoms with Crippen LogP contribution in [-0.4, -0.2) is 36.8 Å².